The summed E-state index contributed by atoms with van der Waals surface area (Å²) < 4.78 is 23.1. The van der Waals surface area contributed by atoms with Gasteiger partial charge in [-0.3, -0.25) is 0 Å². The Kier molecular flexibility index (Phi) is 5.81. The van der Waals surface area contributed by atoms with E-state index in [9.17, 15) is 8.42 Å². The van der Waals surface area contributed by atoms with E-state index < -0.39 is 9.84 Å². The van der Waals surface area contributed by atoms with Crippen LogP contribution in [0, 0.1) is 5.92 Å². The van der Waals surface area contributed by atoms with E-state index in [0.717, 1.165) is 6.54 Å². The lowest BCUT2D eigenvalue weighted by Crippen LogP contribution is -2.37. The molecule has 0 aromatic heterocycles. The molecule has 0 fully saturated rings. The van der Waals surface area contributed by atoms with Crippen molar-refractivity contribution < 1.29 is 8.42 Å². The molecule has 0 bridgehead atoms. The third-order valence-corrected chi connectivity index (χ3v) is 3.96. The third kappa shape index (κ3) is 10.2. The van der Waals surface area contributed by atoms with Crippen LogP contribution in [0.15, 0.2) is 0 Å². The molecule has 0 heterocycles. The highest BCUT2D eigenvalue weighted by Crippen LogP contribution is 2.03. The van der Waals surface area contributed by atoms with Gasteiger partial charge in [0.25, 0.3) is 0 Å². The topological polar surface area (TPSA) is 46.2 Å². The second-order valence-corrected chi connectivity index (χ2v) is 7.77. The predicted molar refractivity (Wildman–Crippen MR) is 65.9 cm³/mol. The Balaban J connectivity index is 3.77. The van der Waals surface area contributed by atoms with Gasteiger partial charge in [-0.15, -0.1) is 0 Å². The molecule has 15 heavy (non-hydrogen) atoms. The Morgan fingerprint density at radius 1 is 1.20 bits per heavy atom. The summed E-state index contributed by atoms with van der Waals surface area (Å²) in [4.78, 5) is 0. The molecule has 4 heteroatoms. The summed E-state index contributed by atoms with van der Waals surface area (Å²) in [6.07, 6.45) is 0.701. The highest BCUT2D eigenvalue weighted by atomic mass is 32.2. The van der Waals surface area contributed by atoms with Crippen molar-refractivity contribution >= 4 is 9.84 Å². The smallest absolute Gasteiger partial charge is 0.150 e. The van der Waals surface area contributed by atoms with Crippen LogP contribution in [0.1, 0.15) is 41.0 Å². The number of hydrogen-bond donors (Lipinski definition) is 1. The van der Waals surface area contributed by atoms with Crippen LogP contribution < -0.4 is 5.32 Å². The van der Waals surface area contributed by atoms with Gasteiger partial charge in [-0.05, 0) is 39.7 Å². The minimum atomic E-state index is -2.84. The maximum atomic E-state index is 11.5. The fourth-order valence-electron chi connectivity index (χ4n) is 1.35. The molecule has 3 nitrogen and oxygen atoms in total. The van der Waals surface area contributed by atoms with Crippen LogP contribution in [0.2, 0.25) is 0 Å². The van der Waals surface area contributed by atoms with E-state index in [4.69, 9.17) is 0 Å². The van der Waals surface area contributed by atoms with Crippen molar-refractivity contribution in [2.24, 2.45) is 5.92 Å². The zero-order valence-electron chi connectivity index (χ0n) is 10.6. The van der Waals surface area contributed by atoms with E-state index in [1.165, 1.54) is 0 Å². The first-order valence-electron chi connectivity index (χ1n) is 5.58. The highest BCUT2D eigenvalue weighted by molar-refractivity contribution is 7.91. The minimum Gasteiger partial charge on any atom is -0.312 e. The van der Waals surface area contributed by atoms with E-state index >= 15 is 0 Å². The molecule has 0 aliphatic rings. The van der Waals surface area contributed by atoms with Gasteiger partial charge in [0.2, 0.25) is 0 Å². The van der Waals surface area contributed by atoms with E-state index in [1.807, 2.05) is 13.8 Å². The van der Waals surface area contributed by atoms with Crippen molar-refractivity contribution in [3.63, 3.8) is 0 Å². The predicted octanol–water partition coefficient (Wildman–Crippen LogP) is 1.84. The summed E-state index contributed by atoms with van der Waals surface area (Å²) in [5.41, 5.74) is 0.0712. The summed E-state index contributed by atoms with van der Waals surface area (Å²) in [6, 6.07) is 0. The van der Waals surface area contributed by atoms with Gasteiger partial charge < -0.3 is 5.32 Å². The lowest BCUT2D eigenvalue weighted by molar-refractivity contribution is 0.426. The minimum absolute atomic E-state index is 0.0712. The Bertz CT molecular complexity index is 263. The average Bonchev–Trinajstić information content (AvgIpc) is 1.93. The van der Waals surface area contributed by atoms with Crippen LogP contribution in [0.25, 0.3) is 0 Å². The highest BCUT2D eigenvalue weighted by Gasteiger charge is 2.13. The normalized spacial score (nSPS) is 13.5. The summed E-state index contributed by atoms with van der Waals surface area (Å²) in [6.45, 7) is 10.9. The SMILES string of the molecule is CC(C)CS(=O)(=O)CCCNC(C)(C)C. The summed E-state index contributed by atoms with van der Waals surface area (Å²) in [7, 11) is -2.84. The molecule has 0 aromatic carbocycles. The first-order valence-corrected chi connectivity index (χ1v) is 7.40. The van der Waals surface area contributed by atoms with Crippen molar-refractivity contribution in [2.75, 3.05) is 18.1 Å². The van der Waals surface area contributed by atoms with Crippen molar-refractivity contribution in [3.05, 3.63) is 0 Å². The largest absolute Gasteiger partial charge is 0.312 e. The molecule has 0 atom stereocenters. The van der Waals surface area contributed by atoms with Gasteiger partial charge in [0.05, 0.1) is 11.5 Å². The Hall–Kier alpha value is -0.0900. The van der Waals surface area contributed by atoms with Gasteiger partial charge in [0.1, 0.15) is 0 Å². The quantitative estimate of drug-likeness (QED) is 0.715. The van der Waals surface area contributed by atoms with Crippen LogP contribution in [-0.4, -0.2) is 32.0 Å². The molecule has 0 aromatic rings. The fourth-order valence-corrected chi connectivity index (χ4v) is 3.11. The molecule has 0 saturated heterocycles. The van der Waals surface area contributed by atoms with Crippen LogP contribution in [0.5, 0.6) is 0 Å². The first-order chi connectivity index (χ1) is 6.62. The first kappa shape index (κ1) is 14.9. The molecule has 0 aliphatic heterocycles. The molecule has 0 amide bonds. The Labute approximate surface area is 94.6 Å². The molecule has 0 aliphatic carbocycles. The van der Waals surface area contributed by atoms with Gasteiger partial charge >= 0.3 is 0 Å². The summed E-state index contributed by atoms with van der Waals surface area (Å²) in [5.74, 6) is 0.835. The average molecular weight is 235 g/mol. The molecular weight excluding hydrogens is 210 g/mol. The molecule has 0 rings (SSSR count). The van der Waals surface area contributed by atoms with Gasteiger partial charge in [-0.25, -0.2) is 8.42 Å². The number of rotatable bonds is 6. The lowest BCUT2D eigenvalue weighted by Gasteiger charge is -2.20. The molecule has 0 radical (unpaired) electrons. The molecule has 0 saturated carbocycles. The van der Waals surface area contributed by atoms with Crippen molar-refractivity contribution in [1.29, 1.82) is 0 Å². The van der Waals surface area contributed by atoms with Crippen LogP contribution in [-0.2, 0) is 9.84 Å². The van der Waals surface area contributed by atoms with Gasteiger partial charge in [0.15, 0.2) is 9.84 Å². The molecule has 0 spiro atoms. The number of sulfone groups is 1. The zero-order chi connectivity index (χ0) is 12.1. The van der Waals surface area contributed by atoms with E-state index in [1.54, 1.807) is 0 Å². The maximum absolute atomic E-state index is 11.5. The second-order valence-electron chi connectivity index (χ2n) is 5.54. The lowest BCUT2D eigenvalue weighted by atomic mass is 10.1. The number of nitrogens with one attached hydrogen (secondary N) is 1. The van der Waals surface area contributed by atoms with E-state index in [-0.39, 0.29) is 11.5 Å². The van der Waals surface area contributed by atoms with Gasteiger partial charge in [0, 0.05) is 5.54 Å². The summed E-state index contributed by atoms with van der Waals surface area (Å²) in [5, 5.41) is 3.28. The van der Waals surface area contributed by atoms with E-state index in [0.29, 0.717) is 17.9 Å². The van der Waals surface area contributed by atoms with E-state index in [2.05, 4.69) is 26.1 Å². The van der Waals surface area contributed by atoms with Crippen LogP contribution >= 0.6 is 0 Å². The second kappa shape index (κ2) is 5.85. The molecule has 92 valence electrons. The van der Waals surface area contributed by atoms with Crippen molar-refractivity contribution in [2.45, 2.75) is 46.6 Å². The number of hydrogen-bond acceptors (Lipinski definition) is 3. The molecule has 1 N–H and O–H groups in total. The Morgan fingerprint density at radius 3 is 2.13 bits per heavy atom. The van der Waals surface area contributed by atoms with Gasteiger partial charge in [-0.2, -0.15) is 0 Å². The van der Waals surface area contributed by atoms with Crippen LogP contribution in [0.4, 0.5) is 0 Å². The van der Waals surface area contributed by atoms with Gasteiger partial charge in [-0.1, -0.05) is 13.8 Å². The standard InChI is InChI=1S/C11H25NO2S/c1-10(2)9-15(13,14)8-6-7-12-11(3,4)5/h10,12H,6-9H2,1-5H3. The Morgan fingerprint density at radius 2 is 1.73 bits per heavy atom. The third-order valence-electron chi connectivity index (χ3n) is 1.87. The monoisotopic (exact) mass is 235 g/mol. The fraction of sp³-hybridized carbons (Fsp3) is 1.00. The summed E-state index contributed by atoms with van der Waals surface area (Å²) >= 11 is 0. The maximum Gasteiger partial charge on any atom is 0.150 e. The molecular formula is C11H25NO2S. The molecule has 0 unspecified atom stereocenters. The van der Waals surface area contributed by atoms with Crippen molar-refractivity contribution in [3.8, 4) is 0 Å². The van der Waals surface area contributed by atoms with Crippen LogP contribution in [0.3, 0.4) is 0 Å². The van der Waals surface area contributed by atoms with Crippen molar-refractivity contribution in [1.82, 2.24) is 5.32 Å². The zero-order valence-corrected chi connectivity index (χ0v) is 11.4.